The average Bonchev–Trinajstić information content (AvgIpc) is 2.45. The highest BCUT2D eigenvalue weighted by Crippen LogP contribution is 2.38. The normalized spacial score (nSPS) is 19.7. The largest absolute Gasteiger partial charge is 0.494 e. The Labute approximate surface area is 149 Å². The Kier molecular flexibility index (Phi) is 5.60. The molecule has 0 radical (unpaired) electrons. The summed E-state index contributed by atoms with van der Waals surface area (Å²) >= 11 is 9.26. The number of amides is 1. The Morgan fingerprint density at radius 2 is 2.09 bits per heavy atom. The number of nitrogens with one attached hydrogen (secondary N) is 1. The molecule has 0 aromatic heterocycles. The van der Waals surface area contributed by atoms with E-state index in [0.29, 0.717) is 4.47 Å². The predicted molar refractivity (Wildman–Crippen MR) is 91.2 cm³/mol. The smallest absolute Gasteiger partial charge is 0.247 e. The molecule has 0 saturated carbocycles. The van der Waals surface area contributed by atoms with Gasteiger partial charge in [0.25, 0.3) is 0 Å². The first kappa shape index (κ1) is 18.5. The van der Waals surface area contributed by atoms with E-state index >= 15 is 0 Å². The fourth-order valence-corrected chi connectivity index (χ4v) is 5.72. The molecule has 1 fully saturated rings. The molecule has 1 unspecified atom stereocenters. The third-order valence-corrected chi connectivity index (χ3v) is 6.30. The van der Waals surface area contributed by atoms with Gasteiger partial charge >= 0.3 is 0 Å². The Balaban J connectivity index is 2.59. The molecule has 0 aliphatic carbocycles. The second kappa shape index (κ2) is 6.96. The van der Waals surface area contributed by atoms with Gasteiger partial charge in [-0.15, -0.1) is 0 Å². The first-order valence-corrected chi connectivity index (χ1v) is 9.63. The highest BCUT2D eigenvalue weighted by Gasteiger charge is 2.41. The summed E-state index contributed by atoms with van der Waals surface area (Å²) in [5.74, 6) is -0.295. The van der Waals surface area contributed by atoms with Crippen molar-refractivity contribution in [1.82, 2.24) is 9.62 Å². The molecule has 1 atom stereocenters. The summed E-state index contributed by atoms with van der Waals surface area (Å²) in [7, 11) is -2.56. The minimum atomic E-state index is -3.94. The molecule has 6 nitrogen and oxygen atoms in total. The second-order valence-corrected chi connectivity index (χ2v) is 8.66. The van der Waals surface area contributed by atoms with Gasteiger partial charge < -0.3 is 10.1 Å². The molecule has 1 amide bonds. The lowest BCUT2D eigenvalue weighted by atomic mass is 10.0. The van der Waals surface area contributed by atoms with Crippen LogP contribution in [-0.4, -0.2) is 44.9 Å². The van der Waals surface area contributed by atoms with E-state index in [-0.39, 0.29) is 40.6 Å². The number of carbonyl (C=O) groups is 1. The van der Waals surface area contributed by atoms with Gasteiger partial charge in [-0.2, -0.15) is 4.31 Å². The van der Waals surface area contributed by atoms with Crippen molar-refractivity contribution >= 4 is 43.5 Å². The molecule has 128 valence electrons. The molecule has 1 aromatic carbocycles. The van der Waals surface area contributed by atoms with Crippen molar-refractivity contribution in [2.45, 2.75) is 24.8 Å². The number of methoxy groups -OCH3 is 1. The number of halogens is 2. The van der Waals surface area contributed by atoms with Crippen LogP contribution in [0.4, 0.5) is 0 Å². The number of nitrogens with zero attached hydrogens (tertiary/aromatic N) is 1. The van der Waals surface area contributed by atoms with E-state index in [1.807, 2.05) is 13.8 Å². The summed E-state index contributed by atoms with van der Waals surface area (Å²) in [4.78, 5) is 12.1. The van der Waals surface area contributed by atoms with Gasteiger partial charge in [-0.1, -0.05) is 25.4 Å². The lowest BCUT2D eigenvalue weighted by Crippen LogP contribution is -2.59. The van der Waals surface area contributed by atoms with Crippen molar-refractivity contribution in [1.29, 1.82) is 0 Å². The minimum Gasteiger partial charge on any atom is -0.494 e. The zero-order valence-corrected chi connectivity index (χ0v) is 16.1. The first-order valence-electron chi connectivity index (χ1n) is 7.02. The maximum Gasteiger partial charge on any atom is 0.247 e. The SMILES string of the molecule is COc1c(Br)cc(Cl)cc1S(=O)(=O)N1CCNC(=O)C1C(C)C. The zero-order chi connectivity index (χ0) is 17.4. The third-order valence-electron chi connectivity index (χ3n) is 3.61. The van der Waals surface area contributed by atoms with E-state index < -0.39 is 16.1 Å². The van der Waals surface area contributed by atoms with E-state index in [1.54, 1.807) is 6.07 Å². The molecule has 2 rings (SSSR count). The molecule has 1 heterocycles. The molecule has 0 spiro atoms. The van der Waals surface area contributed by atoms with E-state index in [4.69, 9.17) is 16.3 Å². The molecule has 23 heavy (non-hydrogen) atoms. The lowest BCUT2D eigenvalue weighted by Gasteiger charge is -2.36. The highest BCUT2D eigenvalue weighted by molar-refractivity contribution is 9.10. The Hall–Kier alpha value is -0.830. The van der Waals surface area contributed by atoms with Crippen LogP contribution in [0.5, 0.6) is 5.75 Å². The van der Waals surface area contributed by atoms with E-state index in [2.05, 4.69) is 21.2 Å². The van der Waals surface area contributed by atoms with Crippen LogP contribution >= 0.6 is 27.5 Å². The number of benzene rings is 1. The molecule has 1 saturated heterocycles. The van der Waals surface area contributed by atoms with Crippen LogP contribution in [0.1, 0.15) is 13.8 Å². The van der Waals surface area contributed by atoms with Crippen molar-refractivity contribution in [3.63, 3.8) is 0 Å². The Morgan fingerprint density at radius 3 is 2.65 bits per heavy atom. The van der Waals surface area contributed by atoms with Gasteiger partial charge in [0.15, 0.2) is 5.75 Å². The highest BCUT2D eigenvalue weighted by atomic mass is 79.9. The van der Waals surface area contributed by atoms with Crippen LogP contribution in [-0.2, 0) is 14.8 Å². The number of hydrogen-bond donors (Lipinski definition) is 1. The number of ether oxygens (including phenoxy) is 1. The monoisotopic (exact) mass is 424 g/mol. The summed E-state index contributed by atoms with van der Waals surface area (Å²) in [5.41, 5.74) is 0. The average molecular weight is 426 g/mol. The number of sulfonamides is 1. The number of rotatable bonds is 4. The quantitative estimate of drug-likeness (QED) is 0.803. The van der Waals surface area contributed by atoms with Crippen LogP contribution < -0.4 is 10.1 Å². The number of hydrogen-bond acceptors (Lipinski definition) is 4. The van der Waals surface area contributed by atoms with Crippen LogP contribution in [0, 0.1) is 5.92 Å². The minimum absolute atomic E-state index is 0.0558. The zero-order valence-electron chi connectivity index (χ0n) is 13.0. The first-order chi connectivity index (χ1) is 10.7. The molecular weight excluding hydrogens is 408 g/mol. The Morgan fingerprint density at radius 1 is 1.43 bits per heavy atom. The maximum atomic E-state index is 13.1. The van der Waals surface area contributed by atoms with Gasteiger partial charge in [0, 0.05) is 18.1 Å². The van der Waals surface area contributed by atoms with Crippen molar-refractivity contribution in [2.75, 3.05) is 20.2 Å². The fraction of sp³-hybridized carbons (Fsp3) is 0.500. The summed E-state index contributed by atoms with van der Waals surface area (Å²) in [6, 6.07) is 2.13. The maximum absolute atomic E-state index is 13.1. The van der Waals surface area contributed by atoms with Crippen LogP contribution in [0.25, 0.3) is 0 Å². The van der Waals surface area contributed by atoms with E-state index in [9.17, 15) is 13.2 Å². The van der Waals surface area contributed by atoms with Crippen molar-refractivity contribution in [3.8, 4) is 5.75 Å². The topological polar surface area (TPSA) is 75.7 Å². The van der Waals surface area contributed by atoms with Gasteiger partial charge in [0.2, 0.25) is 15.9 Å². The van der Waals surface area contributed by atoms with Gasteiger partial charge in [-0.3, -0.25) is 4.79 Å². The lowest BCUT2D eigenvalue weighted by molar-refractivity contribution is -0.128. The second-order valence-electron chi connectivity index (χ2n) is 5.51. The summed E-state index contributed by atoms with van der Waals surface area (Å²) < 4.78 is 33.1. The molecule has 1 aliphatic heterocycles. The number of carbonyl (C=O) groups excluding carboxylic acids is 1. The Bertz CT molecular complexity index is 724. The van der Waals surface area contributed by atoms with Gasteiger partial charge in [-0.25, -0.2) is 8.42 Å². The van der Waals surface area contributed by atoms with Crippen LogP contribution in [0.3, 0.4) is 0 Å². The molecule has 1 N–H and O–H groups in total. The van der Waals surface area contributed by atoms with Gasteiger partial charge in [0.05, 0.1) is 11.6 Å². The summed E-state index contributed by atoms with van der Waals surface area (Å²) in [6.07, 6.45) is 0. The van der Waals surface area contributed by atoms with E-state index in [0.717, 1.165) is 0 Å². The summed E-state index contributed by atoms with van der Waals surface area (Å²) in [5, 5.41) is 2.97. The van der Waals surface area contributed by atoms with Gasteiger partial charge in [0.1, 0.15) is 10.9 Å². The molecule has 1 aliphatic rings. The fourth-order valence-electron chi connectivity index (χ4n) is 2.62. The van der Waals surface area contributed by atoms with E-state index in [1.165, 1.54) is 17.5 Å². The van der Waals surface area contributed by atoms with Crippen LogP contribution in [0.15, 0.2) is 21.5 Å². The molecule has 1 aromatic rings. The molecule has 9 heteroatoms. The van der Waals surface area contributed by atoms with Crippen molar-refractivity contribution in [2.24, 2.45) is 5.92 Å². The number of piperazine rings is 1. The third kappa shape index (κ3) is 3.50. The predicted octanol–water partition coefficient (Wildman–Crippen LogP) is 2.26. The van der Waals surface area contributed by atoms with Gasteiger partial charge in [-0.05, 0) is 34.0 Å². The standard InChI is InChI=1S/C14H18BrClN2O4S/c1-8(2)12-14(19)17-4-5-18(12)23(20,21)11-7-9(16)6-10(15)13(11)22-3/h6-8,12H,4-5H2,1-3H3,(H,17,19). The molecular formula is C14H18BrClN2O4S. The van der Waals surface area contributed by atoms with Crippen LogP contribution in [0.2, 0.25) is 5.02 Å². The van der Waals surface area contributed by atoms with Crippen molar-refractivity contribution in [3.05, 3.63) is 21.6 Å². The summed E-state index contributed by atoms with van der Waals surface area (Å²) in [6.45, 7) is 4.09. The molecule has 0 bridgehead atoms. The van der Waals surface area contributed by atoms with Crippen molar-refractivity contribution < 1.29 is 17.9 Å².